The number of benzene rings is 3. The van der Waals surface area contributed by atoms with E-state index in [0.717, 1.165) is 35.7 Å². The average Bonchev–Trinajstić information content (AvgIpc) is 3.70. The second-order valence-corrected chi connectivity index (χ2v) is 11.8. The normalized spacial score (nSPS) is 14.6. The number of aromatic nitrogens is 3. The number of aliphatic imine (C=N–C) groups is 1. The van der Waals surface area contributed by atoms with Crippen LogP contribution in [0.25, 0.3) is 17.1 Å². The zero-order valence-electron chi connectivity index (χ0n) is 26.9. The van der Waals surface area contributed by atoms with E-state index in [0.29, 0.717) is 28.3 Å². The number of hydrogen-bond acceptors (Lipinski definition) is 8. The molecule has 1 N–H and O–H groups in total. The topological polar surface area (TPSA) is 131 Å². The molecule has 5 rings (SSSR count). The van der Waals surface area contributed by atoms with Gasteiger partial charge in [-0.15, -0.1) is 18.3 Å². The SMILES string of the molecule is CCCc1ccc(C)cc1N1C(=O)CS/C1=N\C(=O)NC(c1ccc(-c2ncn(-c3ccc(OC(F)(F)F)cc3)n2)cc1)N(C)C(=O)OC. The van der Waals surface area contributed by atoms with Crippen LogP contribution in [0, 0.1) is 6.92 Å². The van der Waals surface area contributed by atoms with Crippen molar-refractivity contribution in [3.63, 3.8) is 0 Å². The van der Waals surface area contributed by atoms with E-state index < -0.39 is 24.7 Å². The maximum Gasteiger partial charge on any atom is 0.573 e. The lowest BCUT2D eigenvalue weighted by Gasteiger charge is -2.27. The summed E-state index contributed by atoms with van der Waals surface area (Å²) in [4.78, 5) is 50.1. The monoisotopic (exact) mass is 695 g/mol. The van der Waals surface area contributed by atoms with Crippen LogP contribution in [0.1, 0.15) is 36.2 Å². The van der Waals surface area contributed by atoms with Gasteiger partial charge in [-0.05, 0) is 60.4 Å². The van der Waals surface area contributed by atoms with E-state index in [-0.39, 0.29) is 22.6 Å². The molecule has 0 spiro atoms. The fourth-order valence-electron chi connectivity index (χ4n) is 5.07. The van der Waals surface area contributed by atoms with Crippen molar-refractivity contribution in [2.45, 2.75) is 39.2 Å². The summed E-state index contributed by atoms with van der Waals surface area (Å²) in [6.07, 6.45) is -3.50. The Kier molecular flexibility index (Phi) is 10.6. The summed E-state index contributed by atoms with van der Waals surface area (Å²) in [5.74, 6) is -0.114. The molecule has 1 fully saturated rings. The number of amidine groups is 1. The van der Waals surface area contributed by atoms with Crippen molar-refractivity contribution in [3.05, 3.63) is 89.7 Å². The molecule has 49 heavy (non-hydrogen) atoms. The first-order valence-electron chi connectivity index (χ1n) is 15.0. The summed E-state index contributed by atoms with van der Waals surface area (Å²) >= 11 is 1.15. The smallest absolute Gasteiger partial charge is 0.453 e. The van der Waals surface area contributed by atoms with Crippen molar-refractivity contribution in [1.29, 1.82) is 0 Å². The van der Waals surface area contributed by atoms with Crippen LogP contribution in [0.15, 0.2) is 78.0 Å². The molecular weight excluding hydrogens is 663 g/mol. The third-order valence-corrected chi connectivity index (χ3v) is 8.31. The Labute approximate surface area is 283 Å². The Bertz CT molecular complexity index is 1860. The minimum atomic E-state index is -4.80. The zero-order valence-corrected chi connectivity index (χ0v) is 27.7. The summed E-state index contributed by atoms with van der Waals surface area (Å²) in [7, 11) is 2.67. The molecule has 0 aliphatic carbocycles. The van der Waals surface area contributed by atoms with Gasteiger partial charge in [-0.3, -0.25) is 14.6 Å². The van der Waals surface area contributed by atoms with Crippen LogP contribution in [-0.2, 0) is 16.0 Å². The van der Waals surface area contributed by atoms with Crippen LogP contribution in [0.5, 0.6) is 5.75 Å². The molecule has 1 saturated heterocycles. The average molecular weight is 696 g/mol. The van der Waals surface area contributed by atoms with Gasteiger partial charge in [0, 0.05) is 12.6 Å². The van der Waals surface area contributed by atoms with Crippen molar-refractivity contribution in [1.82, 2.24) is 25.0 Å². The Hall–Kier alpha value is -5.38. The standard InChI is InChI=1S/C33H32F3N7O5S/c1-5-6-21-8-7-20(2)17-26(21)43-27(44)18-49-31(43)39-30(45)38-29(41(3)32(46)47-4)23-11-9-22(10-12-23)28-37-19-42(40-28)24-13-15-25(16-14-24)48-33(34,35)36/h7-17,19,29H,5-6,18H2,1-4H3,(H,38,45)/b39-31-. The molecule has 1 atom stereocenters. The van der Waals surface area contributed by atoms with Crippen molar-refractivity contribution in [2.75, 3.05) is 24.8 Å². The molecule has 16 heteroatoms. The Balaban J connectivity index is 1.36. The fourth-order valence-corrected chi connectivity index (χ4v) is 5.93. The summed E-state index contributed by atoms with van der Waals surface area (Å²) in [5, 5.41) is 7.38. The molecule has 0 saturated carbocycles. The van der Waals surface area contributed by atoms with Gasteiger partial charge in [-0.1, -0.05) is 61.5 Å². The number of nitrogens with zero attached hydrogens (tertiary/aromatic N) is 6. The lowest BCUT2D eigenvalue weighted by molar-refractivity contribution is -0.274. The zero-order chi connectivity index (χ0) is 35.3. The number of carbonyl (C=O) groups excluding carboxylic acids is 3. The molecule has 256 valence electrons. The van der Waals surface area contributed by atoms with Crippen molar-refractivity contribution in [3.8, 4) is 22.8 Å². The van der Waals surface area contributed by atoms with Crippen molar-refractivity contribution in [2.24, 2.45) is 4.99 Å². The number of alkyl halides is 3. The molecule has 12 nitrogen and oxygen atoms in total. The summed E-state index contributed by atoms with van der Waals surface area (Å²) < 4.78 is 47.7. The Morgan fingerprint density at radius 2 is 1.82 bits per heavy atom. The van der Waals surface area contributed by atoms with E-state index in [1.165, 1.54) is 59.2 Å². The molecular formula is C33H32F3N7O5S. The van der Waals surface area contributed by atoms with E-state index in [2.05, 4.69) is 25.1 Å². The molecule has 1 aliphatic rings. The van der Waals surface area contributed by atoms with Crippen LogP contribution < -0.4 is 15.0 Å². The largest absolute Gasteiger partial charge is 0.573 e. The molecule has 0 bridgehead atoms. The van der Waals surface area contributed by atoms with Crippen LogP contribution in [-0.4, -0.2) is 69.1 Å². The van der Waals surface area contributed by atoms with E-state index >= 15 is 0 Å². The number of amides is 4. The first kappa shape index (κ1) is 34.9. The number of hydrogen-bond donors (Lipinski definition) is 1. The van der Waals surface area contributed by atoms with E-state index in [1.807, 2.05) is 32.0 Å². The van der Waals surface area contributed by atoms with E-state index in [9.17, 15) is 27.6 Å². The number of methoxy groups -OCH3 is 1. The fraction of sp³-hybridized carbons (Fsp3) is 0.273. The molecule has 4 aromatic rings. The van der Waals surface area contributed by atoms with Crippen molar-refractivity contribution >= 4 is 40.6 Å². The number of nitrogens with one attached hydrogen (secondary N) is 1. The predicted molar refractivity (Wildman–Crippen MR) is 177 cm³/mol. The second kappa shape index (κ2) is 14.8. The Morgan fingerprint density at radius 1 is 1.10 bits per heavy atom. The maximum absolute atomic E-state index is 13.4. The van der Waals surface area contributed by atoms with Gasteiger partial charge < -0.3 is 14.8 Å². The highest BCUT2D eigenvalue weighted by Crippen LogP contribution is 2.32. The molecule has 2 heterocycles. The molecule has 1 aromatic heterocycles. The highest BCUT2D eigenvalue weighted by molar-refractivity contribution is 8.15. The van der Waals surface area contributed by atoms with Crippen molar-refractivity contribution < 1.29 is 37.0 Å². The van der Waals surface area contributed by atoms with Crippen LogP contribution in [0.4, 0.5) is 28.4 Å². The van der Waals surface area contributed by atoms with Crippen LogP contribution >= 0.6 is 11.8 Å². The molecule has 0 radical (unpaired) electrons. The van der Waals surface area contributed by atoms with Gasteiger partial charge in [0.15, 0.2) is 11.0 Å². The molecule has 1 aliphatic heterocycles. The molecule has 3 aromatic carbocycles. The van der Waals surface area contributed by atoms with Gasteiger partial charge in [-0.2, -0.15) is 4.99 Å². The third kappa shape index (κ3) is 8.38. The van der Waals surface area contributed by atoms with Gasteiger partial charge in [-0.25, -0.2) is 19.3 Å². The minimum Gasteiger partial charge on any atom is -0.453 e. The minimum absolute atomic E-state index is 0.125. The van der Waals surface area contributed by atoms with Crippen LogP contribution in [0.3, 0.4) is 0 Å². The van der Waals surface area contributed by atoms with Gasteiger partial charge in [0.1, 0.15) is 18.2 Å². The maximum atomic E-state index is 13.4. The number of urea groups is 1. The Morgan fingerprint density at radius 3 is 2.47 bits per heavy atom. The van der Waals surface area contributed by atoms with Crippen LogP contribution in [0.2, 0.25) is 0 Å². The number of ether oxygens (including phenoxy) is 2. The predicted octanol–water partition coefficient (Wildman–Crippen LogP) is 6.64. The first-order valence-corrected chi connectivity index (χ1v) is 16.0. The third-order valence-electron chi connectivity index (χ3n) is 7.39. The van der Waals surface area contributed by atoms with E-state index in [4.69, 9.17) is 4.74 Å². The lowest BCUT2D eigenvalue weighted by Crippen LogP contribution is -2.42. The number of aryl methyl sites for hydroxylation is 2. The first-order chi connectivity index (χ1) is 23.4. The number of carbonyl (C=O) groups is 3. The summed E-state index contributed by atoms with van der Waals surface area (Å²) in [6, 6.07) is 16.9. The summed E-state index contributed by atoms with van der Waals surface area (Å²) in [5.41, 5.74) is 4.16. The van der Waals surface area contributed by atoms with E-state index in [1.54, 1.807) is 24.3 Å². The lowest BCUT2D eigenvalue weighted by atomic mass is 10.0. The molecule has 1 unspecified atom stereocenters. The summed E-state index contributed by atoms with van der Waals surface area (Å²) in [6.45, 7) is 3.97. The van der Waals surface area contributed by atoms with Gasteiger partial charge in [0.05, 0.1) is 24.2 Å². The number of halogens is 3. The van der Waals surface area contributed by atoms with Gasteiger partial charge >= 0.3 is 18.5 Å². The second-order valence-electron chi connectivity index (χ2n) is 10.9. The number of anilines is 1. The quantitative estimate of drug-likeness (QED) is 0.193. The molecule has 4 amide bonds. The van der Waals surface area contributed by atoms with Gasteiger partial charge in [0.25, 0.3) is 0 Å². The highest BCUT2D eigenvalue weighted by Gasteiger charge is 2.33. The van der Waals surface area contributed by atoms with Gasteiger partial charge in [0.2, 0.25) is 5.91 Å². The number of thioether (sulfide) groups is 1. The highest BCUT2D eigenvalue weighted by atomic mass is 32.2. The number of rotatable bonds is 9.